The van der Waals surface area contributed by atoms with E-state index in [9.17, 15) is 9.59 Å². The Balaban J connectivity index is 2.12. The molecule has 2 rings (SSSR count). The van der Waals surface area contributed by atoms with Gasteiger partial charge in [-0.3, -0.25) is 4.79 Å². The molecule has 0 radical (unpaired) electrons. The Kier molecular flexibility index (Phi) is 6.71. The second-order valence-corrected chi connectivity index (χ2v) is 5.96. The summed E-state index contributed by atoms with van der Waals surface area (Å²) in [5.74, 6) is -0.666. The standard InChI is InChI=1S/C18H17Cl2NO5/c1-10(17(22)21-13-8-5-7-12(19)15(13)20)26-18(23)11-6-4-9-14(24-2)16(11)25-3/h4-10H,1-3H3,(H,21,22). The maximum Gasteiger partial charge on any atom is 0.342 e. The summed E-state index contributed by atoms with van der Waals surface area (Å²) in [4.78, 5) is 24.7. The van der Waals surface area contributed by atoms with Crippen LogP contribution in [0, 0.1) is 0 Å². The van der Waals surface area contributed by atoms with Gasteiger partial charge in [0.15, 0.2) is 17.6 Å². The van der Waals surface area contributed by atoms with Crippen molar-refractivity contribution in [1.82, 2.24) is 0 Å². The van der Waals surface area contributed by atoms with Crippen LogP contribution in [0.15, 0.2) is 36.4 Å². The molecule has 0 aliphatic heterocycles. The number of rotatable bonds is 6. The predicted octanol–water partition coefficient (Wildman–Crippen LogP) is 4.19. The number of halogens is 2. The number of anilines is 1. The number of para-hydroxylation sites is 1. The molecule has 0 heterocycles. The molecule has 0 saturated heterocycles. The Labute approximate surface area is 160 Å². The molecule has 0 bridgehead atoms. The highest BCUT2D eigenvalue weighted by Crippen LogP contribution is 2.32. The van der Waals surface area contributed by atoms with Crippen molar-refractivity contribution in [3.8, 4) is 11.5 Å². The number of ether oxygens (including phenoxy) is 3. The average Bonchev–Trinajstić information content (AvgIpc) is 2.64. The summed E-state index contributed by atoms with van der Waals surface area (Å²) in [7, 11) is 2.86. The first kappa shape index (κ1) is 19.9. The minimum absolute atomic E-state index is 0.146. The molecule has 0 saturated carbocycles. The number of carbonyl (C=O) groups excluding carboxylic acids is 2. The Hall–Kier alpha value is -2.44. The van der Waals surface area contributed by atoms with Crippen LogP contribution >= 0.6 is 23.2 Å². The molecule has 1 atom stereocenters. The number of amides is 1. The second kappa shape index (κ2) is 8.78. The summed E-state index contributed by atoms with van der Waals surface area (Å²) >= 11 is 11.9. The molecule has 138 valence electrons. The molecule has 0 fully saturated rings. The summed E-state index contributed by atoms with van der Waals surface area (Å²) in [5.41, 5.74) is 0.471. The molecule has 0 aromatic heterocycles. The van der Waals surface area contributed by atoms with Gasteiger partial charge in [-0.05, 0) is 31.2 Å². The summed E-state index contributed by atoms with van der Waals surface area (Å²) in [6, 6.07) is 9.61. The molecule has 26 heavy (non-hydrogen) atoms. The van der Waals surface area contributed by atoms with Crippen LogP contribution in [0.5, 0.6) is 11.5 Å². The molecule has 1 N–H and O–H groups in total. The highest BCUT2D eigenvalue weighted by Gasteiger charge is 2.23. The smallest absolute Gasteiger partial charge is 0.342 e. The molecule has 2 aromatic carbocycles. The van der Waals surface area contributed by atoms with E-state index in [-0.39, 0.29) is 16.3 Å². The van der Waals surface area contributed by atoms with E-state index >= 15 is 0 Å². The summed E-state index contributed by atoms with van der Waals surface area (Å²) in [6.07, 6.45) is -1.08. The fraction of sp³-hybridized carbons (Fsp3) is 0.222. The predicted molar refractivity (Wildman–Crippen MR) is 99.5 cm³/mol. The molecule has 0 aliphatic rings. The maximum absolute atomic E-state index is 12.4. The lowest BCUT2D eigenvalue weighted by atomic mass is 10.2. The largest absolute Gasteiger partial charge is 0.493 e. The van der Waals surface area contributed by atoms with Gasteiger partial charge < -0.3 is 19.5 Å². The molecule has 0 aliphatic carbocycles. The third-order valence-electron chi connectivity index (χ3n) is 3.49. The number of esters is 1. The van der Waals surface area contributed by atoms with E-state index in [1.807, 2.05) is 0 Å². The topological polar surface area (TPSA) is 73.9 Å². The second-order valence-electron chi connectivity index (χ2n) is 5.18. The van der Waals surface area contributed by atoms with E-state index in [1.165, 1.54) is 27.2 Å². The van der Waals surface area contributed by atoms with Crippen molar-refractivity contribution in [2.45, 2.75) is 13.0 Å². The van der Waals surface area contributed by atoms with Crippen LogP contribution in [0.4, 0.5) is 5.69 Å². The fourth-order valence-corrected chi connectivity index (χ4v) is 2.51. The van der Waals surface area contributed by atoms with Gasteiger partial charge in [-0.25, -0.2) is 4.79 Å². The lowest BCUT2D eigenvalue weighted by Gasteiger charge is -2.16. The molecular weight excluding hydrogens is 381 g/mol. The quantitative estimate of drug-likeness (QED) is 0.739. The molecule has 6 nitrogen and oxygen atoms in total. The van der Waals surface area contributed by atoms with Crippen LogP contribution in [-0.4, -0.2) is 32.2 Å². The van der Waals surface area contributed by atoms with Crippen LogP contribution in [0.1, 0.15) is 17.3 Å². The number of hydrogen-bond acceptors (Lipinski definition) is 5. The molecular formula is C18H17Cl2NO5. The van der Waals surface area contributed by atoms with E-state index in [2.05, 4.69) is 5.32 Å². The molecule has 8 heteroatoms. The first-order valence-electron chi connectivity index (χ1n) is 7.55. The van der Waals surface area contributed by atoms with Crippen molar-refractivity contribution in [3.63, 3.8) is 0 Å². The SMILES string of the molecule is COc1cccc(C(=O)OC(C)C(=O)Nc2cccc(Cl)c2Cl)c1OC. The lowest BCUT2D eigenvalue weighted by molar-refractivity contribution is -0.123. The van der Waals surface area contributed by atoms with E-state index in [0.717, 1.165) is 0 Å². The van der Waals surface area contributed by atoms with Gasteiger partial charge in [-0.2, -0.15) is 0 Å². The summed E-state index contributed by atoms with van der Waals surface area (Å²) < 4.78 is 15.6. The first-order valence-corrected chi connectivity index (χ1v) is 8.31. The molecule has 1 amide bonds. The molecule has 2 aromatic rings. The van der Waals surface area contributed by atoms with Crippen LogP contribution < -0.4 is 14.8 Å². The number of carbonyl (C=O) groups is 2. The van der Waals surface area contributed by atoms with E-state index < -0.39 is 18.0 Å². The van der Waals surface area contributed by atoms with Crippen LogP contribution in [0.25, 0.3) is 0 Å². The van der Waals surface area contributed by atoms with Gasteiger partial charge in [-0.1, -0.05) is 35.3 Å². The Morgan fingerprint density at radius 1 is 1.04 bits per heavy atom. The summed E-state index contributed by atoms with van der Waals surface area (Å²) in [5, 5.41) is 3.08. The van der Waals surface area contributed by atoms with Gasteiger partial charge in [0.1, 0.15) is 5.56 Å². The van der Waals surface area contributed by atoms with Crippen LogP contribution in [-0.2, 0) is 9.53 Å². The lowest BCUT2D eigenvalue weighted by Crippen LogP contribution is -2.30. The third-order valence-corrected chi connectivity index (χ3v) is 4.30. The van der Waals surface area contributed by atoms with E-state index in [4.69, 9.17) is 37.4 Å². The number of nitrogens with one attached hydrogen (secondary N) is 1. The zero-order chi connectivity index (χ0) is 19.3. The third kappa shape index (κ3) is 4.39. The van der Waals surface area contributed by atoms with Crippen molar-refractivity contribution >= 4 is 40.8 Å². The van der Waals surface area contributed by atoms with Gasteiger partial charge >= 0.3 is 5.97 Å². The van der Waals surface area contributed by atoms with Gasteiger partial charge in [0.05, 0.1) is 30.0 Å². The molecule has 1 unspecified atom stereocenters. The van der Waals surface area contributed by atoms with Gasteiger partial charge in [0, 0.05) is 0 Å². The van der Waals surface area contributed by atoms with Crippen molar-refractivity contribution < 1.29 is 23.8 Å². The monoisotopic (exact) mass is 397 g/mol. The van der Waals surface area contributed by atoms with E-state index in [1.54, 1.807) is 30.3 Å². The van der Waals surface area contributed by atoms with Crippen LogP contribution in [0.3, 0.4) is 0 Å². The normalized spacial score (nSPS) is 11.4. The maximum atomic E-state index is 12.4. The Bertz CT molecular complexity index is 825. The number of benzene rings is 2. The number of methoxy groups -OCH3 is 2. The highest BCUT2D eigenvalue weighted by atomic mass is 35.5. The summed E-state index contributed by atoms with van der Waals surface area (Å²) in [6.45, 7) is 1.44. The highest BCUT2D eigenvalue weighted by molar-refractivity contribution is 6.44. The van der Waals surface area contributed by atoms with Gasteiger partial charge in [0.2, 0.25) is 0 Å². The Morgan fingerprint density at radius 3 is 2.38 bits per heavy atom. The minimum Gasteiger partial charge on any atom is -0.493 e. The first-order chi connectivity index (χ1) is 12.4. The minimum atomic E-state index is -1.08. The average molecular weight is 398 g/mol. The van der Waals surface area contributed by atoms with Crippen LogP contribution in [0.2, 0.25) is 10.0 Å². The number of hydrogen-bond donors (Lipinski definition) is 1. The van der Waals surface area contributed by atoms with Gasteiger partial charge in [0.25, 0.3) is 5.91 Å². The van der Waals surface area contributed by atoms with Gasteiger partial charge in [-0.15, -0.1) is 0 Å². The zero-order valence-corrected chi connectivity index (χ0v) is 15.9. The van der Waals surface area contributed by atoms with Crippen molar-refractivity contribution in [2.75, 3.05) is 19.5 Å². The van der Waals surface area contributed by atoms with Crippen molar-refractivity contribution in [2.24, 2.45) is 0 Å². The van der Waals surface area contributed by atoms with Crippen molar-refractivity contribution in [1.29, 1.82) is 0 Å². The zero-order valence-electron chi connectivity index (χ0n) is 14.3. The van der Waals surface area contributed by atoms with E-state index in [0.29, 0.717) is 16.5 Å². The molecule has 0 spiro atoms. The fourth-order valence-electron chi connectivity index (χ4n) is 2.16. The Morgan fingerprint density at radius 2 is 1.73 bits per heavy atom. The van der Waals surface area contributed by atoms with Crippen molar-refractivity contribution in [3.05, 3.63) is 52.0 Å².